The van der Waals surface area contributed by atoms with Gasteiger partial charge in [-0.25, -0.2) is 4.98 Å². The minimum Gasteiger partial charge on any atom is -0.379 e. The normalized spacial score (nSPS) is 16.0. The van der Waals surface area contributed by atoms with Crippen LogP contribution in [0, 0.1) is 6.92 Å². The zero-order valence-corrected chi connectivity index (χ0v) is 21.5. The topological polar surface area (TPSA) is 61.8 Å². The molecule has 1 unspecified atom stereocenters. The van der Waals surface area contributed by atoms with Crippen molar-refractivity contribution in [3.63, 3.8) is 0 Å². The van der Waals surface area contributed by atoms with Gasteiger partial charge in [-0.1, -0.05) is 23.7 Å². The van der Waals surface area contributed by atoms with E-state index in [1.165, 1.54) is 5.56 Å². The fourth-order valence-corrected chi connectivity index (χ4v) is 4.13. The van der Waals surface area contributed by atoms with Gasteiger partial charge in [0.25, 0.3) is 0 Å². The molecule has 1 aromatic heterocycles. The molecule has 0 amide bonds. The number of morpholine rings is 1. The van der Waals surface area contributed by atoms with Crippen LogP contribution < -0.4 is 10.6 Å². The molecule has 2 heterocycles. The Morgan fingerprint density at radius 2 is 2.00 bits per heavy atom. The number of rotatable bonds is 8. The summed E-state index contributed by atoms with van der Waals surface area (Å²) in [5.41, 5.74) is 2.36. The molecule has 0 radical (unpaired) electrons. The fraction of sp³-hybridized carbons (Fsp3) is 0.524. The third-order valence-electron chi connectivity index (χ3n) is 4.85. The number of guanidine groups is 1. The smallest absolute Gasteiger partial charge is 0.191 e. The van der Waals surface area contributed by atoms with Crippen LogP contribution in [0.4, 0.5) is 0 Å². The van der Waals surface area contributed by atoms with E-state index in [9.17, 15) is 0 Å². The highest BCUT2D eigenvalue weighted by Gasteiger charge is 2.22. The van der Waals surface area contributed by atoms with Gasteiger partial charge < -0.3 is 15.4 Å². The summed E-state index contributed by atoms with van der Waals surface area (Å²) in [7, 11) is 0. The molecule has 1 aliphatic heterocycles. The molecular weight excluding hydrogens is 533 g/mol. The first kappa shape index (κ1) is 25.3. The van der Waals surface area contributed by atoms with Crippen molar-refractivity contribution in [2.24, 2.45) is 4.99 Å². The number of halogens is 2. The number of aliphatic imine (C=N–C) groups is 1. The molecule has 0 bridgehead atoms. The number of benzene rings is 1. The van der Waals surface area contributed by atoms with Crippen molar-refractivity contribution in [2.75, 3.05) is 45.9 Å². The Morgan fingerprint density at radius 1 is 1.27 bits per heavy atom. The Bertz CT molecular complexity index is 780. The maximum Gasteiger partial charge on any atom is 0.191 e. The second-order valence-electron chi connectivity index (χ2n) is 6.97. The van der Waals surface area contributed by atoms with Crippen LogP contribution in [0.5, 0.6) is 0 Å². The number of hydrogen-bond acceptors (Lipinski definition) is 5. The maximum atomic E-state index is 6.09. The quantitative estimate of drug-likeness (QED) is 0.290. The van der Waals surface area contributed by atoms with Crippen molar-refractivity contribution in [3.8, 4) is 0 Å². The lowest BCUT2D eigenvalue weighted by Crippen LogP contribution is -2.42. The Labute approximate surface area is 205 Å². The van der Waals surface area contributed by atoms with E-state index in [0.29, 0.717) is 6.54 Å². The van der Waals surface area contributed by atoms with Crippen molar-refractivity contribution in [3.05, 3.63) is 50.9 Å². The lowest BCUT2D eigenvalue weighted by molar-refractivity contribution is 0.0180. The minimum atomic E-state index is 0. The van der Waals surface area contributed by atoms with Crippen LogP contribution in [0.2, 0.25) is 5.02 Å². The monoisotopic (exact) mass is 563 g/mol. The predicted octanol–water partition coefficient (Wildman–Crippen LogP) is 3.89. The molecule has 166 valence electrons. The number of aryl methyl sites for hydroxylation is 1. The molecule has 1 aliphatic rings. The first-order chi connectivity index (χ1) is 14.2. The SMILES string of the molecule is CCNC(=NCC(c1ccc(Cl)cc1)N1CCOCC1)NCCc1csc(C)n1.I. The zero-order valence-electron chi connectivity index (χ0n) is 17.6. The van der Waals surface area contributed by atoms with Crippen LogP contribution in [0.3, 0.4) is 0 Å². The van der Waals surface area contributed by atoms with E-state index in [2.05, 4.69) is 45.0 Å². The molecular formula is C21H31ClIN5OS. The molecule has 2 aromatic rings. The van der Waals surface area contributed by atoms with E-state index >= 15 is 0 Å². The molecule has 1 aromatic carbocycles. The average molecular weight is 564 g/mol. The van der Waals surface area contributed by atoms with Crippen LogP contribution in [0.1, 0.15) is 29.2 Å². The summed E-state index contributed by atoms with van der Waals surface area (Å²) in [4.78, 5) is 11.9. The summed E-state index contributed by atoms with van der Waals surface area (Å²) in [5.74, 6) is 0.840. The van der Waals surface area contributed by atoms with Crippen LogP contribution >= 0.6 is 46.9 Å². The molecule has 1 fully saturated rings. The van der Waals surface area contributed by atoms with Crippen LogP contribution in [-0.4, -0.2) is 61.8 Å². The summed E-state index contributed by atoms with van der Waals surface area (Å²) in [6.45, 7) is 9.77. The van der Waals surface area contributed by atoms with Gasteiger partial charge in [-0.2, -0.15) is 0 Å². The minimum absolute atomic E-state index is 0. The molecule has 6 nitrogen and oxygen atoms in total. The molecule has 9 heteroatoms. The third kappa shape index (κ3) is 7.96. The summed E-state index contributed by atoms with van der Waals surface area (Å²) in [5, 5.41) is 10.8. The van der Waals surface area contributed by atoms with Gasteiger partial charge in [0.05, 0.1) is 36.5 Å². The second kappa shape index (κ2) is 13.5. The van der Waals surface area contributed by atoms with Crippen molar-refractivity contribution in [2.45, 2.75) is 26.3 Å². The first-order valence-corrected chi connectivity index (χ1v) is 11.4. The Morgan fingerprint density at radius 3 is 2.63 bits per heavy atom. The highest BCUT2D eigenvalue weighted by molar-refractivity contribution is 14.0. The number of hydrogen-bond donors (Lipinski definition) is 2. The van der Waals surface area contributed by atoms with Gasteiger partial charge >= 0.3 is 0 Å². The number of aromatic nitrogens is 1. The first-order valence-electron chi connectivity index (χ1n) is 10.2. The maximum absolute atomic E-state index is 6.09. The van der Waals surface area contributed by atoms with Crippen LogP contribution in [0.25, 0.3) is 0 Å². The molecule has 0 spiro atoms. The average Bonchev–Trinajstić information content (AvgIpc) is 3.15. The standard InChI is InChI=1S/C21H30ClN5OS.HI/c1-3-23-21(24-9-8-19-15-29-16(2)26-19)25-14-20(27-10-12-28-13-11-27)17-4-6-18(22)7-5-17;/h4-7,15,20H,3,8-14H2,1-2H3,(H2,23,24,25);1H. The second-order valence-corrected chi connectivity index (χ2v) is 8.47. The highest BCUT2D eigenvalue weighted by atomic mass is 127. The van der Waals surface area contributed by atoms with Crippen LogP contribution in [0.15, 0.2) is 34.6 Å². The van der Waals surface area contributed by atoms with E-state index in [0.717, 1.165) is 67.5 Å². The Kier molecular flexibility index (Phi) is 11.4. The molecule has 3 rings (SSSR count). The van der Waals surface area contributed by atoms with Gasteiger partial charge in [0.2, 0.25) is 0 Å². The highest BCUT2D eigenvalue weighted by Crippen LogP contribution is 2.24. The van der Waals surface area contributed by atoms with Crippen molar-refractivity contribution in [1.82, 2.24) is 20.5 Å². The molecule has 2 N–H and O–H groups in total. The van der Waals surface area contributed by atoms with E-state index in [4.69, 9.17) is 21.3 Å². The zero-order chi connectivity index (χ0) is 20.5. The molecule has 1 atom stereocenters. The van der Waals surface area contributed by atoms with E-state index in [1.807, 2.05) is 19.1 Å². The third-order valence-corrected chi connectivity index (χ3v) is 5.92. The predicted molar refractivity (Wildman–Crippen MR) is 137 cm³/mol. The van der Waals surface area contributed by atoms with Gasteiger partial charge in [0.1, 0.15) is 0 Å². The Hall–Kier alpha value is -0.940. The number of thiazole rings is 1. The Balaban J connectivity index is 0.00000320. The molecule has 0 saturated carbocycles. The van der Waals surface area contributed by atoms with Gasteiger partial charge in [0, 0.05) is 43.0 Å². The number of nitrogens with one attached hydrogen (secondary N) is 2. The summed E-state index contributed by atoms with van der Waals surface area (Å²) >= 11 is 7.79. The van der Waals surface area contributed by atoms with Gasteiger partial charge in [-0.05, 0) is 31.5 Å². The largest absolute Gasteiger partial charge is 0.379 e. The van der Waals surface area contributed by atoms with Crippen molar-refractivity contribution < 1.29 is 4.74 Å². The molecule has 1 saturated heterocycles. The van der Waals surface area contributed by atoms with Gasteiger partial charge in [0.15, 0.2) is 5.96 Å². The number of ether oxygens (including phenoxy) is 1. The molecule has 30 heavy (non-hydrogen) atoms. The lowest BCUT2D eigenvalue weighted by atomic mass is 10.0. The fourth-order valence-electron chi connectivity index (χ4n) is 3.36. The van der Waals surface area contributed by atoms with Gasteiger partial charge in [-0.3, -0.25) is 9.89 Å². The molecule has 0 aliphatic carbocycles. The van der Waals surface area contributed by atoms with E-state index in [-0.39, 0.29) is 30.0 Å². The number of nitrogens with zero attached hydrogens (tertiary/aromatic N) is 3. The lowest BCUT2D eigenvalue weighted by Gasteiger charge is -2.34. The van der Waals surface area contributed by atoms with Crippen molar-refractivity contribution in [1.29, 1.82) is 0 Å². The van der Waals surface area contributed by atoms with Crippen LogP contribution in [-0.2, 0) is 11.2 Å². The van der Waals surface area contributed by atoms with E-state index in [1.54, 1.807) is 11.3 Å². The van der Waals surface area contributed by atoms with E-state index < -0.39 is 0 Å². The van der Waals surface area contributed by atoms with Gasteiger partial charge in [-0.15, -0.1) is 35.3 Å². The summed E-state index contributed by atoms with van der Waals surface area (Å²) in [6, 6.07) is 8.31. The summed E-state index contributed by atoms with van der Waals surface area (Å²) < 4.78 is 5.54. The van der Waals surface area contributed by atoms with Crippen molar-refractivity contribution >= 4 is 52.9 Å². The summed E-state index contributed by atoms with van der Waals surface area (Å²) in [6.07, 6.45) is 0.888.